The topological polar surface area (TPSA) is 56.3 Å². The van der Waals surface area contributed by atoms with E-state index in [2.05, 4.69) is 48.8 Å². The SMILES string of the molecule is CC(C)(C)c1ccc(C(Br)c2ccc([N+](=O)[O-])o2)cc1. The van der Waals surface area contributed by atoms with E-state index < -0.39 is 4.92 Å². The molecule has 2 rings (SSSR count). The maximum Gasteiger partial charge on any atom is 0.433 e. The Kier molecular flexibility index (Phi) is 3.99. The van der Waals surface area contributed by atoms with Gasteiger partial charge in [0.05, 0.1) is 10.9 Å². The average molecular weight is 338 g/mol. The van der Waals surface area contributed by atoms with E-state index in [1.165, 1.54) is 11.6 Å². The molecule has 1 heterocycles. The molecule has 0 fully saturated rings. The van der Waals surface area contributed by atoms with Gasteiger partial charge in [0.15, 0.2) is 0 Å². The van der Waals surface area contributed by atoms with Crippen molar-refractivity contribution in [3.8, 4) is 0 Å². The predicted molar refractivity (Wildman–Crippen MR) is 81.3 cm³/mol. The summed E-state index contributed by atoms with van der Waals surface area (Å²) < 4.78 is 5.21. The lowest BCUT2D eigenvalue weighted by Crippen LogP contribution is -2.10. The number of hydrogen-bond donors (Lipinski definition) is 0. The molecule has 20 heavy (non-hydrogen) atoms. The highest BCUT2D eigenvalue weighted by Gasteiger charge is 2.20. The van der Waals surface area contributed by atoms with Crippen molar-refractivity contribution in [2.24, 2.45) is 0 Å². The van der Waals surface area contributed by atoms with Crippen molar-refractivity contribution in [1.29, 1.82) is 0 Å². The van der Waals surface area contributed by atoms with Crippen molar-refractivity contribution in [2.45, 2.75) is 31.0 Å². The summed E-state index contributed by atoms with van der Waals surface area (Å²) in [4.78, 5) is 9.90. The van der Waals surface area contributed by atoms with Gasteiger partial charge in [0.25, 0.3) is 0 Å². The number of alkyl halides is 1. The second-order valence-corrected chi connectivity index (χ2v) is 6.58. The van der Waals surface area contributed by atoms with Gasteiger partial charge >= 0.3 is 5.88 Å². The van der Waals surface area contributed by atoms with Crippen LogP contribution in [-0.2, 0) is 5.41 Å². The van der Waals surface area contributed by atoms with Crippen molar-refractivity contribution in [1.82, 2.24) is 0 Å². The van der Waals surface area contributed by atoms with Crippen LogP contribution in [0.3, 0.4) is 0 Å². The van der Waals surface area contributed by atoms with Crippen molar-refractivity contribution in [3.05, 3.63) is 63.4 Å². The van der Waals surface area contributed by atoms with Crippen molar-refractivity contribution in [3.63, 3.8) is 0 Å². The Morgan fingerprint density at radius 2 is 1.75 bits per heavy atom. The Morgan fingerprint density at radius 3 is 2.20 bits per heavy atom. The first-order valence-corrected chi connectivity index (χ1v) is 7.19. The largest absolute Gasteiger partial charge is 0.433 e. The van der Waals surface area contributed by atoms with Gasteiger partial charge in [0.2, 0.25) is 0 Å². The third-order valence-electron chi connectivity index (χ3n) is 3.11. The second-order valence-electron chi connectivity index (χ2n) is 5.67. The maximum absolute atomic E-state index is 10.6. The van der Waals surface area contributed by atoms with Gasteiger partial charge in [-0.1, -0.05) is 61.0 Å². The van der Waals surface area contributed by atoms with Gasteiger partial charge in [0.1, 0.15) is 10.7 Å². The molecule has 1 atom stereocenters. The fourth-order valence-electron chi connectivity index (χ4n) is 1.89. The van der Waals surface area contributed by atoms with E-state index >= 15 is 0 Å². The zero-order valence-electron chi connectivity index (χ0n) is 11.6. The van der Waals surface area contributed by atoms with Crippen molar-refractivity contribution >= 4 is 21.8 Å². The van der Waals surface area contributed by atoms with Gasteiger partial charge in [-0.25, -0.2) is 0 Å². The van der Waals surface area contributed by atoms with Crippen LogP contribution < -0.4 is 0 Å². The van der Waals surface area contributed by atoms with Gasteiger partial charge in [0, 0.05) is 0 Å². The zero-order valence-corrected chi connectivity index (χ0v) is 13.2. The Balaban J connectivity index is 2.24. The van der Waals surface area contributed by atoms with Crippen LogP contribution in [-0.4, -0.2) is 4.92 Å². The van der Waals surface area contributed by atoms with Gasteiger partial charge in [-0.15, -0.1) is 0 Å². The van der Waals surface area contributed by atoms with E-state index in [9.17, 15) is 10.1 Å². The number of halogens is 1. The summed E-state index contributed by atoms with van der Waals surface area (Å²) in [5.74, 6) is 0.288. The van der Waals surface area contributed by atoms with Gasteiger partial charge in [-0.05, 0) is 22.6 Å². The van der Waals surface area contributed by atoms with E-state index in [4.69, 9.17) is 4.42 Å². The Labute approximate surface area is 126 Å². The summed E-state index contributed by atoms with van der Waals surface area (Å²) in [6, 6.07) is 11.1. The number of nitrogens with zero attached hydrogens (tertiary/aromatic N) is 1. The van der Waals surface area contributed by atoms with Crippen LogP contribution in [0, 0.1) is 10.1 Å². The lowest BCUT2D eigenvalue weighted by Gasteiger charge is -2.19. The lowest BCUT2D eigenvalue weighted by atomic mass is 9.86. The average Bonchev–Trinajstić information content (AvgIpc) is 2.86. The lowest BCUT2D eigenvalue weighted by molar-refractivity contribution is -0.402. The summed E-state index contributed by atoms with van der Waals surface area (Å²) in [5, 5.41) is 10.6. The zero-order chi connectivity index (χ0) is 14.9. The molecule has 0 bridgehead atoms. The van der Waals surface area contributed by atoms with Crippen molar-refractivity contribution < 1.29 is 9.34 Å². The summed E-state index contributed by atoms with van der Waals surface area (Å²) in [6.07, 6.45) is 0. The van der Waals surface area contributed by atoms with Gasteiger partial charge in [-0.2, -0.15) is 0 Å². The van der Waals surface area contributed by atoms with E-state index in [1.807, 2.05) is 12.1 Å². The summed E-state index contributed by atoms with van der Waals surface area (Å²) >= 11 is 3.52. The highest BCUT2D eigenvalue weighted by Crippen LogP contribution is 2.34. The molecule has 2 aromatic rings. The number of rotatable bonds is 3. The molecular weight excluding hydrogens is 322 g/mol. The highest BCUT2D eigenvalue weighted by molar-refractivity contribution is 9.09. The smallest absolute Gasteiger partial charge is 0.404 e. The number of furan rings is 1. The highest BCUT2D eigenvalue weighted by atomic mass is 79.9. The fraction of sp³-hybridized carbons (Fsp3) is 0.333. The Morgan fingerprint density at radius 1 is 1.15 bits per heavy atom. The molecule has 106 valence electrons. The van der Waals surface area contributed by atoms with Crippen LogP contribution in [0.25, 0.3) is 0 Å². The number of benzene rings is 1. The molecule has 4 nitrogen and oxygen atoms in total. The van der Waals surface area contributed by atoms with Gasteiger partial charge < -0.3 is 4.42 Å². The molecule has 1 aromatic carbocycles. The Hall–Kier alpha value is -1.62. The molecule has 1 aromatic heterocycles. The first kappa shape index (κ1) is 14.8. The minimum atomic E-state index is -0.536. The first-order valence-electron chi connectivity index (χ1n) is 6.27. The molecule has 0 saturated carbocycles. The molecule has 1 unspecified atom stereocenters. The summed E-state index contributed by atoms with van der Waals surface area (Å²) in [6.45, 7) is 6.47. The third kappa shape index (κ3) is 3.10. The molecule has 0 aliphatic heterocycles. The van der Waals surface area contributed by atoms with Gasteiger partial charge in [-0.3, -0.25) is 10.1 Å². The van der Waals surface area contributed by atoms with Crippen LogP contribution in [0.5, 0.6) is 0 Å². The van der Waals surface area contributed by atoms with E-state index in [0.717, 1.165) is 5.56 Å². The maximum atomic E-state index is 10.6. The molecule has 0 N–H and O–H groups in total. The normalized spacial score (nSPS) is 13.2. The molecular formula is C15H16BrNO3. The third-order valence-corrected chi connectivity index (χ3v) is 4.09. The number of hydrogen-bond acceptors (Lipinski definition) is 3. The van der Waals surface area contributed by atoms with Crippen LogP contribution in [0.2, 0.25) is 0 Å². The van der Waals surface area contributed by atoms with E-state index in [1.54, 1.807) is 6.07 Å². The number of nitro groups is 1. The monoisotopic (exact) mass is 337 g/mol. The quantitative estimate of drug-likeness (QED) is 0.451. The molecule has 5 heteroatoms. The minimum absolute atomic E-state index is 0.101. The van der Waals surface area contributed by atoms with Crippen LogP contribution in [0.1, 0.15) is 42.5 Å². The van der Waals surface area contributed by atoms with E-state index in [0.29, 0.717) is 5.76 Å². The predicted octanol–water partition coefficient (Wildman–Crippen LogP) is 4.97. The summed E-state index contributed by atoms with van der Waals surface area (Å²) in [5.41, 5.74) is 2.35. The van der Waals surface area contributed by atoms with Crippen LogP contribution >= 0.6 is 15.9 Å². The van der Waals surface area contributed by atoms with Crippen LogP contribution in [0.15, 0.2) is 40.8 Å². The summed E-state index contributed by atoms with van der Waals surface area (Å²) in [7, 11) is 0. The Bertz CT molecular complexity index is 611. The molecule has 0 aliphatic carbocycles. The fourth-order valence-corrected chi connectivity index (χ4v) is 2.44. The standard InChI is InChI=1S/C15H16BrNO3/c1-15(2,3)11-6-4-10(5-7-11)14(16)12-8-9-13(20-12)17(18)19/h4-9,14H,1-3H3. The molecule has 0 aliphatic rings. The molecule has 0 spiro atoms. The molecule has 0 amide bonds. The molecule has 0 saturated heterocycles. The van der Waals surface area contributed by atoms with E-state index in [-0.39, 0.29) is 16.1 Å². The van der Waals surface area contributed by atoms with Crippen molar-refractivity contribution in [2.75, 3.05) is 0 Å². The molecule has 0 radical (unpaired) electrons. The second kappa shape index (κ2) is 5.40. The first-order chi connectivity index (χ1) is 9.29. The van der Waals surface area contributed by atoms with Crippen LogP contribution in [0.4, 0.5) is 5.88 Å². The minimum Gasteiger partial charge on any atom is -0.404 e.